The average Bonchev–Trinajstić information content (AvgIpc) is 3.57. The molecule has 2 amide bonds. The minimum Gasteiger partial charge on any atom is -0.491 e. The number of halogens is 1. The fourth-order valence-electron chi connectivity index (χ4n) is 4.32. The first-order valence-electron chi connectivity index (χ1n) is 11.2. The molecular weight excluding hydrogens is 456 g/mol. The molecule has 3 aromatic rings. The largest absolute Gasteiger partial charge is 0.491 e. The van der Waals surface area contributed by atoms with Gasteiger partial charge in [-0.25, -0.2) is 0 Å². The second-order valence-electron chi connectivity index (χ2n) is 8.45. The van der Waals surface area contributed by atoms with Crippen molar-refractivity contribution in [3.8, 4) is 5.75 Å². The van der Waals surface area contributed by atoms with E-state index in [-0.39, 0.29) is 30.4 Å². The fraction of sp³-hybridized carbons (Fsp3) is 0.308. The van der Waals surface area contributed by atoms with Crippen molar-refractivity contribution in [1.29, 1.82) is 0 Å². The Morgan fingerprint density at radius 1 is 1.06 bits per heavy atom. The number of nitrogens with zero attached hydrogens (tertiary/aromatic N) is 2. The van der Waals surface area contributed by atoms with Crippen molar-refractivity contribution < 1.29 is 14.3 Å². The van der Waals surface area contributed by atoms with Gasteiger partial charge in [0.1, 0.15) is 18.9 Å². The van der Waals surface area contributed by atoms with Crippen LogP contribution in [0.25, 0.3) is 0 Å². The molecule has 2 heterocycles. The molecule has 0 N–H and O–H groups in total. The number of hydrogen-bond donors (Lipinski definition) is 0. The molecule has 5 rings (SSSR count). The molecule has 2 aliphatic rings. The molecule has 1 aliphatic heterocycles. The molecule has 0 radical (unpaired) electrons. The van der Waals surface area contributed by atoms with Crippen LogP contribution in [0.4, 0.5) is 0 Å². The van der Waals surface area contributed by atoms with E-state index in [2.05, 4.69) is 11.4 Å². The van der Waals surface area contributed by atoms with Crippen molar-refractivity contribution in [2.24, 2.45) is 0 Å². The van der Waals surface area contributed by atoms with Crippen LogP contribution in [0.3, 0.4) is 0 Å². The molecule has 170 valence electrons. The molecule has 5 nitrogen and oxygen atoms in total. The first-order valence-corrected chi connectivity index (χ1v) is 12.5. The normalized spacial score (nSPS) is 17.4. The summed E-state index contributed by atoms with van der Waals surface area (Å²) in [7, 11) is 0. The van der Waals surface area contributed by atoms with Gasteiger partial charge in [0.15, 0.2) is 0 Å². The van der Waals surface area contributed by atoms with Crippen molar-refractivity contribution in [3.63, 3.8) is 0 Å². The van der Waals surface area contributed by atoms with Crippen LogP contribution in [-0.2, 0) is 11.2 Å². The van der Waals surface area contributed by atoms with Crippen molar-refractivity contribution in [1.82, 2.24) is 9.80 Å². The van der Waals surface area contributed by atoms with Crippen LogP contribution < -0.4 is 4.74 Å². The Hall–Kier alpha value is -2.83. The monoisotopic (exact) mass is 480 g/mol. The third-order valence-corrected chi connectivity index (χ3v) is 7.46. The van der Waals surface area contributed by atoms with E-state index in [1.54, 1.807) is 28.4 Å². The smallest absolute Gasteiger partial charge is 0.254 e. The van der Waals surface area contributed by atoms with Crippen molar-refractivity contribution in [3.05, 3.63) is 87.1 Å². The number of benzene rings is 2. The van der Waals surface area contributed by atoms with E-state index in [9.17, 15) is 9.59 Å². The van der Waals surface area contributed by atoms with Crippen LogP contribution in [0.15, 0.2) is 66.0 Å². The van der Waals surface area contributed by atoms with Crippen LogP contribution in [0.1, 0.15) is 39.7 Å². The van der Waals surface area contributed by atoms with E-state index in [4.69, 9.17) is 16.3 Å². The maximum atomic E-state index is 13.5. The highest BCUT2D eigenvalue weighted by atomic mass is 35.5. The number of fused-ring (bicyclic) bond motifs is 1. The predicted octanol–water partition coefficient (Wildman–Crippen LogP) is 5.21. The summed E-state index contributed by atoms with van der Waals surface area (Å²) in [6.07, 6.45) is 2.72. The molecule has 0 spiro atoms. The number of amides is 2. The number of rotatable bonds is 7. The maximum absolute atomic E-state index is 13.5. The topological polar surface area (TPSA) is 49.9 Å². The first-order chi connectivity index (χ1) is 16.1. The number of carbonyl (C=O) groups is 2. The van der Waals surface area contributed by atoms with E-state index in [1.807, 2.05) is 47.4 Å². The van der Waals surface area contributed by atoms with E-state index in [0.717, 1.165) is 24.8 Å². The minimum absolute atomic E-state index is 0.0345. The second-order valence-corrected chi connectivity index (χ2v) is 9.88. The molecule has 0 bridgehead atoms. The zero-order valence-electron chi connectivity index (χ0n) is 18.2. The standard InChI is InChI=1S/C26H25ClN2O3S/c27-19-6-10-21(11-7-19)32-17-23-22-13-15-33-24(22)12-14-28(23)25(30)16-29(20-8-9-20)26(31)18-4-2-1-3-5-18/h1-7,10-11,13,15,20,23H,8-9,12,14,16-17H2/t23-/m1/s1. The van der Waals surface area contributed by atoms with E-state index < -0.39 is 0 Å². The molecule has 33 heavy (non-hydrogen) atoms. The average molecular weight is 481 g/mol. The van der Waals surface area contributed by atoms with Gasteiger partial charge in [0.2, 0.25) is 5.91 Å². The van der Waals surface area contributed by atoms with Gasteiger partial charge in [-0.3, -0.25) is 9.59 Å². The van der Waals surface area contributed by atoms with E-state index in [1.165, 1.54) is 4.88 Å². The molecule has 1 atom stereocenters. The Bertz CT molecular complexity index is 1130. The number of ether oxygens (including phenoxy) is 1. The van der Waals surface area contributed by atoms with Gasteiger partial charge in [0, 0.05) is 28.0 Å². The third kappa shape index (κ3) is 4.92. The summed E-state index contributed by atoms with van der Waals surface area (Å²) in [5.41, 5.74) is 1.76. The first kappa shape index (κ1) is 22.0. The molecule has 2 aromatic carbocycles. The van der Waals surface area contributed by atoms with Crippen molar-refractivity contribution in [2.75, 3.05) is 19.7 Å². The quantitative estimate of drug-likeness (QED) is 0.466. The van der Waals surface area contributed by atoms with Crippen LogP contribution in [-0.4, -0.2) is 47.4 Å². The van der Waals surface area contributed by atoms with Crippen LogP contribution in [0, 0.1) is 0 Å². The van der Waals surface area contributed by atoms with Crippen LogP contribution >= 0.6 is 22.9 Å². The van der Waals surface area contributed by atoms with Crippen LogP contribution in [0.2, 0.25) is 5.02 Å². The summed E-state index contributed by atoms with van der Waals surface area (Å²) in [6.45, 7) is 1.07. The van der Waals surface area contributed by atoms with Gasteiger partial charge < -0.3 is 14.5 Å². The van der Waals surface area contributed by atoms with E-state index >= 15 is 0 Å². The van der Waals surface area contributed by atoms with Crippen molar-refractivity contribution >= 4 is 34.8 Å². The number of thiophene rings is 1. The molecule has 0 unspecified atom stereocenters. The fourth-order valence-corrected chi connectivity index (χ4v) is 5.37. The van der Waals surface area contributed by atoms with Crippen LogP contribution in [0.5, 0.6) is 5.75 Å². The highest BCUT2D eigenvalue weighted by molar-refractivity contribution is 7.10. The minimum atomic E-state index is -0.184. The number of carbonyl (C=O) groups excluding carboxylic acids is 2. The molecule has 7 heteroatoms. The Balaban J connectivity index is 1.33. The van der Waals surface area contributed by atoms with Gasteiger partial charge in [-0.2, -0.15) is 0 Å². The maximum Gasteiger partial charge on any atom is 0.254 e. The Labute approximate surface area is 202 Å². The highest BCUT2D eigenvalue weighted by Gasteiger charge is 2.38. The summed E-state index contributed by atoms with van der Waals surface area (Å²) in [4.78, 5) is 31.6. The summed E-state index contributed by atoms with van der Waals surface area (Å²) in [5, 5.41) is 2.73. The summed E-state index contributed by atoms with van der Waals surface area (Å²) < 4.78 is 6.06. The molecule has 1 aromatic heterocycles. The van der Waals surface area contributed by atoms with E-state index in [0.29, 0.717) is 29.5 Å². The zero-order chi connectivity index (χ0) is 22.8. The number of hydrogen-bond acceptors (Lipinski definition) is 4. The second kappa shape index (κ2) is 9.57. The molecule has 0 saturated heterocycles. The molecule has 1 fully saturated rings. The zero-order valence-corrected chi connectivity index (χ0v) is 19.7. The van der Waals surface area contributed by atoms with Gasteiger partial charge in [-0.05, 0) is 72.7 Å². The molecule has 1 saturated carbocycles. The lowest BCUT2D eigenvalue weighted by molar-refractivity contribution is -0.135. The van der Waals surface area contributed by atoms with Gasteiger partial charge in [0.05, 0.1) is 6.04 Å². The third-order valence-electron chi connectivity index (χ3n) is 6.21. The SMILES string of the molecule is O=C(c1ccccc1)N(CC(=O)N1CCc2sccc2[C@H]1COc1ccc(Cl)cc1)C1CC1. The predicted molar refractivity (Wildman–Crippen MR) is 130 cm³/mol. The molecule has 1 aliphatic carbocycles. The summed E-state index contributed by atoms with van der Waals surface area (Å²) in [5.74, 6) is 0.606. The Kier molecular flexibility index (Phi) is 6.38. The van der Waals surface area contributed by atoms with Gasteiger partial charge in [0.25, 0.3) is 5.91 Å². The van der Waals surface area contributed by atoms with Gasteiger partial charge in [-0.1, -0.05) is 29.8 Å². The summed E-state index contributed by atoms with van der Waals surface area (Å²) in [6, 6.07) is 18.5. The summed E-state index contributed by atoms with van der Waals surface area (Å²) >= 11 is 7.71. The Morgan fingerprint density at radius 2 is 1.82 bits per heavy atom. The van der Waals surface area contributed by atoms with Gasteiger partial charge >= 0.3 is 0 Å². The lowest BCUT2D eigenvalue weighted by atomic mass is 10.0. The lowest BCUT2D eigenvalue weighted by Gasteiger charge is -2.37. The lowest BCUT2D eigenvalue weighted by Crippen LogP contribution is -2.48. The highest BCUT2D eigenvalue weighted by Crippen LogP contribution is 2.35. The van der Waals surface area contributed by atoms with Gasteiger partial charge in [-0.15, -0.1) is 11.3 Å². The van der Waals surface area contributed by atoms with Crippen molar-refractivity contribution in [2.45, 2.75) is 31.3 Å². The Morgan fingerprint density at radius 3 is 2.55 bits per heavy atom. The molecular formula is C26H25ClN2O3S.